The van der Waals surface area contributed by atoms with E-state index in [-0.39, 0.29) is 11.9 Å². The van der Waals surface area contributed by atoms with Gasteiger partial charge in [-0.25, -0.2) is 0 Å². The van der Waals surface area contributed by atoms with Crippen LogP contribution in [0.3, 0.4) is 0 Å². The van der Waals surface area contributed by atoms with E-state index >= 15 is 0 Å². The molecule has 2 aromatic rings. The van der Waals surface area contributed by atoms with Crippen LogP contribution < -0.4 is 5.32 Å². The molecule has 3 heteroatoms. The monoisotopic (exact) mass is 296 g/mol. The molecule has 1 amide bonds. The van der Waals surface area contributed by atoms with Crippen LogP contribution in [0.1, 0.15) is 21.5 Å². The van der Waals surface area contributed by atoms with E-state index < -0.39 is 0 Å². The van der Waals surface area contributed by atoms with Gasteiger partial charge in [0.2, 0.25) is 0 Å². The Morgan fingerprint density at radius 1 is 1.05 bits per heavy atom. The van der Waals surface area contributed by atoms with Crippen molar-refractivity contribution in [2.24, 2.45) is 0 Å². The summed E-state index contributed by atoms with van der Waals surface area (Å²) in [6.45, 7) is 2.65. The predicted octanol–water partition coefficient (Wildman–Crippen LogP) is 2.90. The third-order valence-electron chi connectivity index (χ3n) is 3.86. The van der Waals surface area contributed by atoms with Gasteiger partial charge >= 0.3 is 0 Å². The minimum atomic E-state index is -0.0140. The molecule has 0 radical (unpaired) electrons. The van der Waals surface area contributed by atoms with Crippen molar-refractivity contribution in [2.75, 3.05) is 20.6 Å². The maximum atomic E-state index is 12.2. The van der Waals surface area contributed by atoms with Crippen molar-refractivity contribution in [2.45, 2.75) is 19.4 Å². The van der Waals surface area contributed by atoms with Crippen molar-refractivity contribution in [1.82, 2.24) is 10.2 Å². The third-order valence-corrected chi connectivity index (χ3v) is 3.86. The molecule has 0 aliphatic heterocycles. The Bertz CT molecular complexity index is 591. The summed E-state index contributed by atoms with van der Waals surface area (Å²) in [5, 5.41) is 3.04. The fourth-order valence-corrected chi connectivity index (χ4v) is 2.34. The van der Waals surface area contributed by atoms with Gasteiger partial charge in [0.15, 0.2) is 0 Å². The lowest BCUT2D eigenvalue weighted by Gasteiger charge is -2.24. The highest BCUT2D eigenvalue weighted by Gasteiger charge is 2.14. The molecular formula is C19H24N2O. The fraction of sp³-hybridized carbons (Fsp3) is 0.316. The molecule has 0 heterocycles. The zero-order valence-corrected chi connectivity index (χ0v) is 13.5. The Kier molecular flexibility index (Phi) is 5.73. The standard InChI is InChI=1S/C19H24N2O/c1-15-9-11-17(12-10-15)19(22)20-14-18(21(2)3)13-16-7-5-4-6-8-16/h4-12,18H,13-14H2,1-3H3,(H,20,22). The van der Waals surface area contributed by atoms with E-state index in [0.29, 0.717) is 12.1 Å². The number of likely N-dealkylation sites (N-methyl/N-ethyl adjacent to an activating group) is 1. The fourth-order valence-electron chi connectivity index (χ4n) is 2.34. The molecule has 0 aliphatic rings. The van der Waals surface area contributed by atoms with Crippen molar-refractivity contribution in [3.05, 3.63) is 71.3 Å². The molecule has 2 rings (SSSR count). The molecule has 0 saturated carbocycles. The minimum Gasteiger partial charge on any atom is -0.350 e. The number of carbonyl (C=O) groups excluding carboxylic acids is 1. The lowest BCUT2D eigenvalue weighted by Crippen LogP contribution is -2.41. The molecule has 22 heavy (non-hydrogen) atoms. The van der Waals surface area contributed by atoms with E-state index in [0.717, 1.165) is 12.0 Å². The van der Waals surface area contributed by atoms with E-state index in [2.05, 4.69) is 22.3 Å². The van der Waals surface area contributed by atoms with E-state index in [4.69, 9.17) is 0 Å². The van der Waals surface area contributed by atoms with Crippen molar-refractivity contribution in [3.8, 4) is 0 Å². The second-order valence-electron chi connectivity index (χ2n) is 5.88. The summed E-state index contributed by atoms with van der Waals surface area (Å²) < 4.78 is 0. The first kappa shape index (κ1) is 16.2. The van der Waals surface area contributed by atoms with Gasteiger partial charge in [0.05, 0.1) is 0 Å². The van der Waals surface area contributed by atoms with E-state index in [1.807, 2.05) is 63.5 Å². The van der Waals surface area contributed by atoms with Gasteiger partial charge in [-0.3, -0.25) is 4.79 Å². The lowest BCUT2D eigenvalue weighted by atomic mass is 10.0. The van der Waals surface area contributed by atoms with Gasteiger partial charge in [0.1, 0.15) is 0 Å². The first-order chi connectivity index (χ1) is 10.6. The number of aryl methyl sites for hydroxylation is 1. The molecule has 0 aliphatic carbocycles. The topological polar surface area (TPSA) is 32.3 Å². The van der Waals surface area contributed by atoms with Gasteiger partial charge in [-0.15, -0.1) is 0 Å². The number of benzene rings is 2. The summed E-state index contributed by atoms with van der Waals surface area (Å²) in [6.07, 6.45) is 0.919. The Hall–Kier alpha value is -2.13. The summed E-state index contributed by atoms with van der Waals surface area (Å²) in [5.41, 5.74) is 3.15. The van der Waals surface area contributed by atoms with Gasteiger partial charge in [-0.1, -0.05) is 48.0 Å². The average molecular weight is 296 g/mol. The second-order valence-corrected chi connectivity index (χ2v) is 5.88. The van der Waals surface area contributed by atoms with Gasteiger partial charge < -0.3 is 10.2 Å². The maximum absolute atomic E-state index is 12.2. The molecule has 1 atom stereocenters. The van der Waals surface area contributed by atoms with Crippen LogP contribution in [0, 0.1) is 6.92 Å². The molecular weight excluding hydrogens is 272 g/mol. The highest BCUT2D eigenvalue weighted by molar-refractivity contribution is 5.94. The van der Waals surface area contributed by atoms with Crippen LogP contribution in [0.2, 0.25) is 0 Å². The van der Waals surface area contributed by atoms with Crippen molar-refractivity contribution in [3.63, 3.8) is 0 Å². The second kappa shape index (κ2) is 7.76. The van der Waals surface area contributed by atoms with Gasteiger partial charge in [0.25, 0.3) is 5.91 Å². The van der Waals surface area contributed by atoms with Gasteiger partial charge in [-0.05, 0) is 45.1 Å². The molecule has 0 bridgehead atoms. The van der Waals surface area contributed by atoms with Crippen LogP contribution in [0.5, 0.6) is 0 Å². The van der Waals surface area contributed by atoms with Crippen LogP contribution in [0.15, 0.2) is 54.6 Å². The molecule has 2 aromatic carbocycles. The summed E-state index contributed by atoms with van der Waals surface area (Å²) in [4.78, 5) is 14.4. The van der Waals surface area contributed by atoms with E-state index in [1.165, 1.54) is 5.56 Å². The molecule has 1 unspecified atom stereocenters. The Morgan fingerprint density at radius 2 is 1.68 bits per heavy atom. The molecule has 1 N–H and O–H groups in total. The first-order valence-corrected chi connectivity index (χ1v) is 7.61. The quantitative estimate of drug-likeness (QED) is 0.889. The number of hydrogen-bond donors (Lipinski definition) is 1. The zero-order valence-electron chi connectivity index (χ0n) is 13.5. The number of rotatable bonds is 6. The summed E-state index contributed by atoms with van der Waals surface area (Å²) in [5.74, 6) is -0.0140. The van der Waals surface area contributed by atoms with Crippen LogP contribution in [-0.2, 0) is 6.42 Å². The SMILES string of the molecule is Cc1ccc(C(=O)NCC(Cc2ccccc2)N(C)C)cc1. The number of amides is 1. The summed E-state index contributed by atoms with van der Waals surface area (Å²) in [6, 6.07) is 18.3. The van der Waals surface area contributed by atoms with Crippen molar-refractivity contribution in [1.29, 1.82) is 0 Å². The number of hydrogen-bond acceptors (Lipinski definition) is 2. The van der Waals surface area contributed by atoms with E-state index in [9.17, 15) is 4.79 Å². The van der Waals surface area contributed by atoms with Crippen molar-refractivity contribution >= 4 is 5.91 Å². The minimum absolute atomic E-state index is 0.0140. The summed E-state index contributed by atoms with van der Waals surface area (Å²) in [7, 11) is 4.09. The van der Waals surface area contributed by atoms with E-state index in [1.54, 1.807) is 0 Å². The molecule has 3 nitrogen and oxygen atoms in total. The van der Waals surface area contributed by atoms with Crippen LogP contribution >= 0.6 is 0 Å². The highest BCUT2D eigenvalue weighted by Crippen LogP contribution is 2.07. The first-order valence-electron chi connectivity index (χ1n) is 7.61. The van der Waals surface area contributed by atoms with Crippen LogP contribution in [0.25, 0.3) is 0 Å². The number of nitrogens with one attached hydrogen (secondary N) is 1. The normalized spacial score (nSPS) is 12.2. The Labute approximate surface area is 133 Å². The number of carbonyl (C=O) groups is 1. The average Bonchev–Trinajstić information content (AvgIpc) is 2.52. The van der Waals surface area contributed by atoms with Crippen LogP contribution in [-0.4, -0.2) is 37.5 Å². The zero-order chi connectivity index (χ0) is 15.9. The lowest BCUT2D eigenvalue weighted by molar-refractivity contribution is 0.0941. The summed E-state index contributed by atoms with van der Waals surface area (Å²) >= 11 is 0. The Morgan fingerprint density at radius 3 is 2.27 bits per heavy atom. The smallest absolute Gasteiger partial charge is 0.251 e. The van der Waals surface area contributed by atoms with Crippen molar-refractivity contribution < 1.29 is 4.79 Å². The highest BCUT2D eigenvalue weighted by atomic mass is 16.1. The molecule has 0 spiro atoms. The van der Waals surface area contributed by atoms with Crippen LogP contribution in [0.4, 0.5) is 0 Å². The maximum Gasteiger partial charge on any atom is 0.251 e. The largest absolute Gasteiger partial charge is 0.350 e. The predicted molar refractivity (Wildman–Crippen MR) is 91.1 cm³/mol. The third kappa shape index (κ3) is 4.71. The Balaban J connectivity index is 1.94. The molecule has 0 fully saturated rings. The number of nitrogens with zero attached hydrogens (tertiary/aromatic N) is 1. The molecule has 0 saturated heterocycles. The molecule has 0 aromatic heterocycles. The molecule has 116 valence electrons. The van der Waals surface area contributed by atoms with Gasteiger partial charge in [-0.2, -0.15) is 0 Å². The van der Waals surface area contributed by atoms with Gasteiger partial charge in [0, 0.05) is 18.2 Å².